The average molecular weight is 159 g/mol. The van der Waals surface area contributed by atoms with Crippen molar-refractivity contribution in [2.45, 2.75) is 0 Å². The molecule has 0 spiro atoms. The summed E-state index contributed by atoms with van der Waals surface area (Å²) in [6.45, 7) is 0. The van der Waals surface area contributed by atoms with Crippen molar-refractivity contribution in [3.8, 4) is 0 Å². The summed E-state index contributed by atoms with van der Waals surface area (Å²) in [5, 5.41) is 4.73. The third-order valence-corrected chi connectivity index (χ3v) is 1.91. The Morgan fingerprint density at radius 2 is 2.25 bits per heavy atom. The lowest BCUT2D eigenvalue weighted by Crippen LogP contribution is -1.74. The monoisotopic (exact) mass is 159 g/mol. The minimum absolute atomic E-state index is 0.760. The molecule has 3 aromatic rings. The fourth-order valence-electron chi connectivity index (χ4n) is 1.34. The third kappa shape index (κ3) is 0.567. The summed E-state index contributed by atoms with van der Waals surface area (Å²) in [7, 11) is 0. The fourth-order valence-corrected chi connectivity index (χ4v) is 1.34. The zero-order valence-corrected chi connectivity index (χ0v) is 6.11. The number of fused-ring (bicyclic) bond motifs is 3. The van der Waals surface area contributed by atoms with Crippen LogP contribution in [0, 0.1) is 0 Å². The van der Waals surface area contributed by atoms with Gasteiger partial charge in [-0.05, 0) is 6.07 Å². The maximum atomic E-state index is 5.08. The predicted molar refractivity (Wildman–Crippen MR) is 43.7 cm³/mol. The van der Waals surface area contributed by atoms with E-state index in [0.717, 1.165) is 22.0 Å². The number of nitrogens with zero attached hydrogens (tertiary/aromatic N) is 2. The first-order valence-corrected chi connectivity index (χ1v) is 3.61. The Labute approximate surface area is 67.2 Å². The van der Waals surface area contributed by atoms with Gasteiger partial charge >= 0.3 is 0 Å². The van der Waals surface area contributed by atoms with Crippen LogP contribution in [0.25, 0.3) is 22.0 Å². The van der Waals surface area contributed by atoms with Crippen molar-refractivity contribution >= 4 is 22.0 Å². The summed E-state index contributed by atoms with van der Waals surface area (Å²) in [6, 6.07) is 1.92. The molecule has 4 heteroatoms. The van der Waals surface area contributed by atoms with Crippen molar-refractivity contribution < 1.29 is 4.52 Å². The van der Waals surface area contributed by atoms with Crippen LogP contribution in [0.2, 0.25) is 0 Å². The lowest BCUT2D eigenvalue weighted by Gasteiger charge is -1.86. The van der Waals surface area contributed by atoms with Gasteiger partial charge in [0.1, 0.15) is 0 Å². The van der Waals surface area contributed by atoms with Crippen molar-refractivity contribution in [3.05, 3.63) is 24.7 Å². The van der Waals surface area contributed by atoms with Gasteiger partial charge in [-0.2, -0.15) is 0 Å². The van der Waals surface area contributed by atoms with Gasteiger partial charge in [0.25, 0.3) is 0 Å². The molecule has 0 atom stereocenters. The SMILES string of the molecule is c1cc2c(n1)ncc1o[nH]cc12. The number of aromatic nitrogens is 3. The smallest absolute Gasteiger partial charge is 0.182 e. The first-order chi connectivity index (χ1) is 5.95. The molecule has 0 amide bonds. The molecule has 1 N–H and O–H groups in total. The van der Waals surface area contributed by atoms with Crippen LogP contribution in [0.5, 0.6) is 0 Å². The van der Waals surface area contributed by atoms with Crippen LogP contribution in [-0.2, 0) is 0 Å². The Hall–Kier alpha value is -1.84. The second-order valence-corrected chi connectivity index (χ2v) is 2.58. The molecule has 3 heterocycles. The number of hydrogen-bond donors (Lipinski definition) is 1. The Kier molecular flexibility index (Phi) is 0.889. The van der Waals surface area contributed by atoms with Crippen LogP contribution in [0.1, 0.15) is 0 Å². The van der Waals surface area contributed by atoms with Crippen LogP contribution in [0.3, 0.4) is 0 Å². The highest BCUT2D eigenvalue weighted by Crippen LogP contribution is 2.21. The topological polar surface area (TPSA) is 54.7 Å². The van der Waals surface area contributed by atoms with Crippen molar-refractivity contribution in [1.82, 2.24) is 15.1 Å². The molecule has 3 rings (SSSR count). The molecule has 0 saturated heterocycles. The van der Waals surface area contributed by atoms with Gasteiger partial charge in [-0.1, -0.05) is 0 Å². The molecule has 0 aromatic carbocycles. The van der Waals surface area contributed by atoms with Gasteiger partial charge in [-0.15, -0.1) is 0 Å². The summed E-state index contributed by atoms with van der Waals surface area (Å²) in [4.78, 5) is 8.20. The largest absolute Gasteiger partial charge is 0.380 e. The van der Waals surface area contributed by atoms with Crippen LogP contribution in [0.15, 0.2) is 29.2 Å². The Morgan fingerprint density at radius 1 is 1.25 bits per heavy atom. The quantitative estimate of drug-likeness (QED) is 0.543. The Bertz CT molecular complexity index is 487. The van der Waals surface area contributed by atoms with E-state index in [9.17, 15) is 0 Å². The van der Waals surface area contributed by atoms with E-state index in [1.165, 1.54) is 0 Å². The number of pyridine rings is 1. The summed E-state index contributed by atoms with van der Waals surface area (Å²) in [5.41, 5.74) is 1.52. The van der Waals surface area contributed by atoms with E-state index in [1.54, 1.807) is 18.6 Å². The van der Waals surface area contributed by atoms with Crippen molar-refractivity contribution in [2.75, 3.05) is 0 Å². The summed E-state index contributed by atoms with van der Waals surface area (Å²) in [6.07, 6.45) is 5.21. The standard InChI is InChI=1S/C8H5N3O/c1-2-9-8-5(1)6-3-11-12-7(6)4-10-8/h1-4,11H. The second kappa shape index (κ2) is 1.85. The highest BCUT2D eigenvalue weighted by atomic mass is 16.5. The maximum absolute atomic E-state index is 5.08. The van der Waals surface area contributed by atoms with E-state index in [2.05, 4.69) is 15.1 Å². The van der Waals surface area contributed by atoms with E-state index in [-0.39, 0.29) is 0 Å². The predicted octanol–water partition coefficient (Wildman–Crippen LogP) is 1.70. The highest BCUT2D eigenvalue weighted by Gasteiger charge is 2.04. The van der Waals surface area contributed by atoms with Crippen molar-refractivity contribution in [3.63, 3.8) is 0 Å². The van der Waals surface area contributed by atoms with Gasteiger partial charge < -0.3 is 4.52 Å². The van der Waals surface area contributed by atoms with Crippen molar-refractivity contribution in [1.29, 1.82) is 0 Å². The molecule has 0 fully saturated rings. The molecule has 4 nitrogen and oxygen atoms in total. The third-order valence-electron chi connectivity index (χ3n) is 1.91. The van der Waals surface area contributed by atoms with Gasteiger partial charge in [0.05, 0.1) is 11.6 Å². The van der Waals surface area contributed by atoms with E-state index in [0.29, 0.717) is 0 Å². The second-order valence-electron chi connectivity index (χ2n) is 2.58. The van der Waals surface area contributed by atoms with E-state index >= 15 is 0 Å². The van der Waals surface area contributed by atoms with Crippen LogP contribution >= 0.6 is 0 Å². The van der Waals surface area contributed by atoms with Crippen LogP contribution in [0.4, 0.5) is 0 Å². The Balaban J connectivity index is 2.71. The summed E-state index contributed by atoms with van der Waals surface area (Å²) < 4.78 is 5.08. The van der Waals surface area contributed by atoms with Gasteiger partial charge in [0, 0.05) is 17.8 Å². The molecule has 0 unspecified atom stereocenters. The zero-order chi connectivity index (χ0) is 7.97. The molecule has 0 saturated carbocycles. The number of H-pyrrole nitrogens is 1. The molecule has 12 heavy (non-hydrogen) atoms. The highest BCUT2D eigenvalue weighted by molar-refractivity contribution is 6.01. The molecule has 3 aromatic heterocycles. The molecule has 0 bridgehead atoms. The lowest BCUT2D eigenvalue weighted by molar-refractivity contribution is 0.455. The maximum Gasteiger partial charge on any atom is 0.182 e. The number of aromatic amines is 1. The normalized spacial score (nSPS) is 11.3. The zero-order valence-electron chi connectivity index (χ0n) is 6.11. The van der Waals surface area contributed by atoms with Gasteiger partial charge in [-0.3, -0.25) is 0 Å². The van der Waals surface area contributed by atoms with E-state index < -0.39 is 0 Å². The summed E-state index contributed by atoms with van der Waals surface area (Å²) in [5.74, 6) is 0. The molecular weight excluding hydrogens is 154 g/mol. The molecule has 58 valence electrons. The molecular formula is C8H5N3O. The number of rotatable bonds is 0. The first kappa shape index (κ1) is 5.77. The molecule has 0 aliphatic heterocycles. The summed E-state index contributed by atoms with van der Waals surface area (Å²) >= 11 is 0. The average Bonchev–Trinajstić information content (AvgIpc) is 2.71. The number of nitrogens with one attached hydrogen (secondary N) is 1. The minimum Gasteiger partial charge on any atom is -0.380 e. The van der Waals surface area contributed by atoms with Crippen LogP contribution in [-0.4, -0.2) is 15.1 Å². The number of hydrogen-bond acceptors (Lipinski definition) is 3. The molecule has 0 aliphatic carbocycles. The first-order valence-electron chi connectivity index (χ1n) is 3.61. The Morgan fingerprint density at radius 3 is 3.25 bits per heavy atom. The van der Waals surface area contributed by atoms with Crippen molar-refractivity contribution in [2.24, 2.45) is 0 Å². The molecule has 0 aliphatic rings. The minimum atomic E-state index is 0.760. The van der Waals surface area contributed by atoms with Gasteiger partial charge in [-0.25, -0.2) is 15.1 Å². The van der Waals surface area contributed by atoms with Gasteiger partial charge in [0.2, 0.25) is 0 Å². The van der Waals surface area contributed by atoms with Gasteiger partial charge in [0.15, 0.2) is 11.2 Å². The fraction of sp³-hybridized carbons (Fsp3) is 0. The van der Waals surface area contributed by atoms with E-state index in [4.69, 9.17) is 4.52 Å². The van der Waals surface area contributed by atoms with Crippen LogP contribution < -0.4 is 0 Å². The molecule has 0 radical (unpaired) electrons. The van der Waals surface area contributed by atoms with E-state index in [1.807, 2.05) is 6.07 Å². The lowest BCUT2D eigenvalue weighted by atomic mass is 10.2.